The van der Waals surface area contributed by atoms with E-state index in [1.54, 1.807) is 29.6 Å². The van der Waals surface area contributed by atoms with E-state index in [1.807, 2.05) is 0 Å². The van der Waals surface area contributed by atoms with Crippen LogP contribution in [0.2, 0.25) is 0 Å². The molecule has 26 heavy (non-hydrogen) atoms. The average Bonchev–Trinajstić information content (AvgIpc) is 3.14. The number of likely N-dealkylation sites (tertiary alicyclic amines) is 1. The van der Waals surface area contributed by atoms with Gasteiger partial charge in [-0.15, -0.1) is 11.3 Å². The number of fused-ring (bicyclic) bond motifs is 1. The van der Waals surface area contributed by atoms with Gasteiger partial charge in [-0.25, -0.2) is 18.6 Å². The Balaban J connectivity index is 1.77. The molecule has 6 nitrogen and oxygen atoms in total. The summed E-state index contributed by atoms with van der Waals surface area (Å²) >= 11 is 0.983. The molecule has 0 N–H and O–H groups in total. The van der Waals surface area contributed by atoms with Crippen molar-refractivity contribution in [1.82, 2.24) is 19.0 Å². The Morgan fingerprint density at radius 1 is 1.31 bits per heavy atom. The number of aromatic nitrogens is 3. The van der Waals surface area contributed by atoms with Gasteiger partial charge in [-0.3, -0.25) is 13.9 Å². The lowest BCUT2D eigenvalue weighted by Gasteiger charge is -2.30. The predicted molar refractivity (Wildman–Crippen MR) is 94.4 cm³/mol. The van der Waals surface area contributed by atoms with Crippen molar-refractivity contribution in [2.24, 2.45) is 7.05 Å². The van der Waals surface area contributed by atoms with E-state index in [0.29, 0.717) is 35.4 Å². The lowest BCUT2D eigenvalue weighted by molar-refractivity contribution is -0.135. The lowest BCUT2D eigenvalue weighted by Crippen LogP contribution is -2.44. The number of nitrogens with zero attached hydrogens (tertiary/aromatic N) is 4. The van der Waals surface area contributed by atoms with E-state index >= 15 is 0 Å². The Kier molecular flexibility index (Phi) is 4.10. The summed E-state index contributed by atoms with van der Waals surface area (Å²) < 4.78 is 28.4. The molecule has 3 aromatic heterocycles. The first-order valence-corrected chi connectivity index (χ1v) is 9.03. The number of hydrogen-bond acceptors (Lipinski definition) is 4. The zero-order valence-electron chi connectivity index (χ0n) is 14.0. The number of amides is 1. The lowest BCUT2D eigenvalue weighted by atomic mass is 10.1. The van der Waals surface area contributed by atoms with Crippen molar-refractivity contribution < 1.29 is 13.6 Å². The summed E-state index contributed by atoms with van der Waals surface area (Å²) in [6.07, 6.45) is 0.0159. The van der Waals surface area contributed by atoms with Crippen LogP contribution in [0.5, 0.6) is 0 Å². The first-order chi connectivity index (χ1) is 12.5. The van der Waals surface area contributed by atoms with Gasteiger partial charge in [0.1, 0.15) is 6.54 Å². The third kappa shape index (κ3) is 2.72. The van der Waals surface area contributed by atoms with Gasteiger partial charge in [0.25, 0.3) is 6.43 Å². The Hall–Kier alpha value is -2.55. The highest BCUT2D eigenvalue weighted by molar-refractivity contribution is 7.10. The number of pyridine rings is 1. The van der Waals surface area contributed by atoms with Crippen molar-refractivity contribution in [3.63, 3.8) is 0 Å². The summed E-state index contributed by atoms with van der Waals surface area (Å²) in [4.78, 5) is 30.8. The van der Waals surface area contributed by atoms with Crippen LogP contribution in [0.3, 0.4) is 0 Å². The van der Waals surface area contributed by atoms with Gasteiger partial charge in [-0.2, -0.15) is 0 Å². The largest absolute Gasteiger partial charge is 0.341 e. The second kappa shape index (κ2) is 6.31. The fourth-order valence-electron chi connectivity index (χ4n) is 3.01. The Morgan fingerprint density at radius 3 is 2.69 bits per heavy atom. The molecule has 0 aromatic carbocycles. The topological polar surface area (TPSA) is 60.1 Å². The Labute approximate surface area is 151 Å². The van der Waals surface area contributed by atoms with Crippen LogP contribution in [0, 0.1) is 0 Å². The van der Waals surface area contributed by atoms with E-state index in [-0.39, 0.29) is 23.0 Å². The predicted octanol–water partition coefficient (Wildman–Crippen LogP) is 2.63. The number of hydrogen-bond donors (Lipinski definition) is 0. The van der Waals surface area contributed by atoms with Crippen LogP contribution in [0.1, 0.15) is 17.7 Å². The highest BCUT2D eigenvalue weighted by Gasteiger charge is 2.23. The van der Waals surface area contributed by atoms with Crippen LogP contribution in [0.4, 0.5) is 8.78 Å². The van der Waals surface area contributed by atoms with Gasteiger partial charge in [-0.1, -0.05) is 0 Å². The summed E-state index contributed by atoms with van der Waals surface area (Å²) in [6, 6.07) is 3.15. The number of aryl methyl sites for hydroxylation is 1. The van der Waals surface area contributed by atoms with Gasteiger partial charge >= 0.3 is 5.69 Å². The van der Waals surface area contributed by atoms with Crippen molar-refractivity contribution >= 4 is 28.4 Å². The molecule has 1 fully saturated rings. The van der Waals surface area contributed by atoms with Crippen molar-refractivity contribution in [3.05, 3.63) is 39.1 Å². The molecule has 1 aliphatic heterocycles. The normalized spacial score (nSPS) is 14.2. The number of carbonyl (C=O) groups is 1. The van der Waals surface area contributed by atoms with E-state index in [1.165, 1.54) is 15.2 Å². The number of halogens is 2. The van der Waals surface area contributed by atoms with Gasteiger partial charge in [0, 0.05) is 31.9 Å². The van der Waals surface area contributed by atoms with Gasteiger partial charge in [-0.05, 0) is 29.5 Å². The second-order valence-corrected chi connectivity index (χ2v) is 7.21. The number of rotatable bonds is 4. The molecule has 0 radical (unpaired) electrons. The second-order valence-electron chi connectivity index (χ2n) is 6.27. The monoisotopic (exact) mass is 378 g/mol. The molecule has 0 unspecified atom stereocenters. The minimum atomic E-state index is -2.52. The van der Waals surface area contributed by atoms with E-state index in [9.17, 15) is 18.4 Å². The maximum Gasteiger partial charge on any atom is 0.330 e. The summed E-state index contributed by atoms with van der Waals surface area (Å²) in [7, 11) is 1.60. The van der Waals surface area contributed by atoms with Gasteiger partial charge in [0.15, 0.2) is 5.65 Å². The zero-order valence-corrected chi connectivity index (χ0v) is 14.8. The molecule has 0 bridgehead atoms. The summed E-state index contributed by atoms with van der Waals surface area (Å²) in [5.74, 6) is -0.105. The number of imidazole rings is 1. The molecule has 4 rings (SSSR count). The van der Waals surface area contributed by atoms with E-state index in [2.05, 4.69) is 4.98 Å². The highest BCUT2D eigenvalue weighted by atomic mass is 32.1. The maximum atomic E-state index is 12.8. The standard InChI is InChI=1S/C17H16F2N4O2S/c1-21-16-12(23(17(21)25)8-14(24)22-3-2-4-22)5-10(7-20-16)11-6-13(15(18)19)26-9-11/h5-7,9,15H,2-4,8H2,1H3. The van der Waals surface area contributed by atoms with Crippen LogP contribution in [0.15, 0.2) is 28.5 Å². The average molecular weight is 378 g/mol. The number of carbonyl (C=O) groups excluding carboxylic acids is 1. The van der Waals surface area contributed by atoms with Crippen molar-refractivity contribution in [2.45, 2.75) is 19.4 Å². The molecule has 0 saturated carbocycles. The third-order valence-electron chi connectivity index (χ3n) is 4.64. The van der Waals surface area contributed by atoms with Crippen molar-refractivity contribution in [3.8, 4) is 11.1 Å². The minimum Gasteiger partial charge on any atom is -0.341 e. The Bertz CT molecular complexity index is 1050. The molecule has 0 aliphatic carbocycles. The van der Waals surface area contributed by atoms with Crippen LogP contribution in [-0.2, 0) is 18.4 Å². The van der Waals surface area contributed by atoms with Crippen molar-refractivity contribution in [2.75, 3.05) is 13.1 Å². The zero-order chi connectivity index (χ0) is 18.4. The van der Waals surface area contributed by atoms with E-state index in [4.69, 9.17) is 0 Å². The summed E-state index contributed by atoms with van der Waals surface area (Å²) in [6.45, 7) is 1.38. The Morgan fingerprint density at radius 2 is 2.08 bits per heavy atom. The third-order valence-corrected chi connectivity index (χ3v) is 5.58. The summed E-state index contributed by atoms with van der Waals surface area (Å²) in [5.41, 5.74) is 1.92. The molecule has 3 aromatic rings. The molecular weight excluding hydrogens is 362 g/mol. The minimum absolute atomic E-state index is 0.0153. The summed E-state index contributed by atoms with van der Waals surface area (Å²) in [5, 5.41) is 1.64. The molecule has 0 spiro atoms. The van der Waals surface area contributed by atoms with Crippen molar-refractivity contribution in [1.29, 1.82) is 0 Å². The fourth-order valence-corrected chi connectivity index (χ4v) is 3.77. The maximum absolute atomic E-state index is 12.8. The molecule has 0 atom stereocenters. The molecule has 1 amide bonds. The van der Waals surface area contributed by atoms with E-state index < -0.39 is 6.43 Å². The first kappa shape index (κ1) is 16.9. The SMILES string of the molecule is Cn1c(=O)n(CC(=O)N2CCC2)c2cc(-c3csc(C(F)F)c3)cnc21. The smallest absolute Gasteiger partial charge is 0.330 e. The molecule has 136 valence electrons. The van der Waals surface area contributed by atoms with Gasteiger partial charge in [0.2, 0.25) is 5.91 Å². The van der Waals surface area contributed by atoms with E-state index in [0.717, 1.165) is 17.8 Å². The van der Waals surface area contributed by atoms with Crippen LogP contribution < -0.4 is 5.69 Å². The molecular formula is C17H16F2N4O2S. The highest BCUT2D eigenvalue weighted by Crippen LogP contribution is 2.32. The van der Waals surface area contributed by atoms with Crippen LogP contribution in [0.25, 0.3) is 22.3 Å². The van der Waals surface area contributed by atoms with Gasteiger partial charge < -0.3 is 4.90 Å². The van der Waals surface area contributed by atoms with Crippen LogP contribution >= 0.6 is 11.3 Å². The molecule has 4 heterocycles. The quantitative estimate of drug-likeness (QED) is 0.701. The molecule has 9 heteroatoms. The van der Waals surface area contributed by atoms with Gasteiger partial charge in [0.05, 0.1) is 10.4 Å². The first-order valence-electron chi connectivity index (χ1n) is 8.15. The van der Waals surface area contributed by atoms with Crippen LogP contribution in [-0.4, -0.2) is 38.0 Å². The number of alkyl halides is 2. The fraction of sp³-hybridized carbons (Fsp3) is 0.353. The molecule has 1 aliphatic rings. The molecule has 1 saturated heterocycles. The number of thiophene rings is 1.